The molecule has 72 valence electrons. The lowest BCUT2D eigenvalue weighted by Gasteiger charge is -2.02. The largest absolute Gasteiger partial charge is 0.323 e. The quantitative estimate of drug-likeness (QED) is 0.750. The molecule has 0 aromatic carbocycles. The number of nitrogens with two attached hydrogens (primary N) is 1. The van der Waals surface area contributed by atoms with Crippen LogP contribution in [0, 0.1) is 0 Å². The van der Waals surface area contributed by atoms with Gasteiger partial charge in [0.2, 0.25) is 0 Å². The number of nitrogens with one attached hydrogen (secondary N) is 1. The Labute approximate surface area is 82.4 Å². The summed E-state index contributed by atoms with van der Waals surface area (Å²) in [6, 6.07) is 0.0689. The van der Waals surface area contributed by atoms with E-state index in [1.54, 1.807) is 11.3 Å². The lowest BCUT2D eigenvalue weighted by Crippen LogP contribution is -2.09. The van der Waals surface area contributed by atoms with Crippen LogP contribution in [0.3, 0.4) is 0 Å². The molecule has 2 atom stereocenters. The third-order valence-corrected chi connectivity index (χ3v) is 3.44. The van der Waals surface area contributed by atoms with Crippen molar-refractivity contribution in [1.82, 2.24) is 10.3 Å². The van der Waals surface area contributed by atoms with Crippen molar-refractivity contribution in [2.24, 2.45) is 5.73 Å². The van der Waals surface area contributed by atoms with Crippen LogP contribution in [0.15, 0.2) is 5.38 Å². The number of aromatic nitrogens is 1. The van der Waals surface area contributed by atoms with Gasteiger partial charge in [0.25, 0.3) is 0 Å². The number of nitrogens with zero attached hydrogens (tertiary/aromatic N) is 1. The third kappa shape index (κ3) is 1.90. The molecule has 0 saturated carbocycles. The summed E-state index contributed by atoms with van der Waals surface area (Å²) in [4.78, 5) is 4.55. The second-order valence-corrected chi connectivity index (χ2v) is 4.48. The van der Waals surface area contributed by atoms with Gasteiger partial charge >= 0.3 is 0 Å². The SMILES string of the molecule is CC(N)c1csc(C2CCNC2)n1. The van der Waals surface area contributed by atoms with E-state index in [0.29, 0.717) is 5.92 Å². The van der Waals surface area contributed by atoms with Gasteiger partial charge in [0.1, 0.15) is 0 Å². The van der Waals surface area contributed by atoms with Crippen molar-refractivity contribution in [1.29, 1.82) is 0 Å². The summed E-state index contributed by atoms with van der Waals surface area (Å²) in [6.45, 7) is 4.18. The van der Waals surface area contributed by atoms with Crippen LogP contribution in [0.25, 0.3) is 0 Å². The van der Waals surface area contributed by atoms with Gasteiger partial charge in [-0.3, -0.25) is 0 Å². The Kier molecular flexibility index (Phi) is 2.62. The fourth-order valence-electron chi connectivity index (χ4n) is 1.56. The molecule has 1 aromatic rings. The van der Waals surface area contributed by atoms with Gasteiger partial charge in [-0.1, -0.05) is 0 Å². The van der Waals surface area contributed by atoms with Crippen LogP contribution in [0.1, 0.15) is 36.0 Å². The number of thiazole rings is 1. The highest BCUT2D eigenvalue weighted by Crippen LogP contribution is 2.26. The highest BCUT2D eigenvalue weighted by Gasteiger charge is 2.20. The van der Waals surface area contributed by atoms with E-state index in [0.717, 1.165) is 18.8 Å². The van der Waals surface area contributed by atoms with Gasteiger partial charge in [0.05, 0.1) is 10.7 Å². The first-order chi connectivity index (χ1) is 6.27. The molecule has 0 bridgehead atoms. The molecule has 13 heavy (non-hydrogen) atoms. The van der Waals surface area contributed by atoms with Crippen LogP contribution in [0.5, 0.6) is 0 Å². The molecule has 1 saturated heterocycles. The molecule has 1 aliphatic heterocycles. The van der Waals surface area contributed by atoms with Crippen LogP contribution in [0.2, 0.25) is 0 Å². The van der Waals surface area contributed by atoms with E-state index in [9.17, 15) is 0 Å². The highest BCUT2D eigenvalue weighted by atomic mass is 32.1. The van der Waals surface area contributed by atoms with Gasteiger partial charge in [0, 0.05) is 23.9 Å². The molecular formula is C9H15N3S. The summed E-state index contributed by atoms with van der Waals surface area (Å²) in [5, 5.41) is 6.67. The lowest BCUT2D eigenvalue weighted by molar-refractivity contribution is 0.729. The zero-order chi connectivity index (χ0) is 9.26. The van der Waals surface area contributed by atoms with Crippen molar-refractivity contribution in [3.63, 3.8) is 0 Å². The molecule has 2 rings (SSSR count). The summed E-state index contributed by atoms with van der Waals surface area (Å²) in [7, 11) is 0. The first-order valence-corrected chi connectivity index (χ1v) is 5.57. The monoisotopic (exact) mass is 197 g/mol. The zero-order valence-corrected chi connectivity index (χ0v) is 8.60. The van der Waals surface area contributed by atoms with Crippen LogP contribution < -0.4 is 11.1 Å². The van der Waals surface area contributed by atoms with Crippen molar-refractivity contribution in [3.05, 3.63) is 16.1 Å². The molecule has 0 amide bonds. The standard InChI is InChI=1S/C9H15N3S/c1-6(10)8-5-13-9(12-8)7-2-3-11-4-7/h5-7,11H,2-4,10H2,1H3. The maximum absolute atomic E-state index is 5.75. The second kappa shape index (κ2) is 3.74. The summed E-state index contributed by atoms with van der Waals surface area (Å²) in [5.74, 6) is 0.623. The Morgan fingerprint density at radius 3 is 3.15 bits per heavy atom. The van der Waals surface area contributed by atoms with Crippen molar-refractivity contribution in [2.45, 2.75) is 25.3 Å². The van der Waals surface area contributed by atoms with Gasteiger partial charge in [-0.25, -0.2) is 4.98 Å². The fraction of sp³-hybridized carbons (Fsp3) is 0.667. The maximum Gasteiger partial charge on any atom is 0.0973 e. The van der Waals surface area contributed by atoms with Crippen molar-refractivity contribution in [2.75, 3.05) is 13.1 Å². The normalized spacial score (nSPS) is 24.9. The fourth-order valence-corrected chi connectivity index (χ4v) is 2.62. The summed E-state index contributed by atoms with van der Waals surface area (Å²) < 4.78 is 0. The average Bonchev–Trinajstić information content (AvgIpc) is 2.75. The molecule has 0 radical (unpaired) electrons. The van der Waals surface area contributed by atoms with E-state index in [-0.39, 0.29) is 6.04 Å². The molecule has 4 heteroatoms. The number of hydrogen-bond acceptors (Lipinski definition) is 4. The summed E-state index contributed by atoms with van der Waals surface area (Å²) >= 11 is 1.74. The van der Waals surface area contributed by atoms with Crippen LogP contribution in [-0.4, -0.2) is 18.1 Å². The summed E-state index contributed by atoms with van der Waals surface area (Å²) in [6.07, 6.45) is 1.21. The van der Waals surface area contributed by atoms with Gasteiger partial charge in [-0.2, -0.15) is 0 Å². The Morgan fingerprint density at radius 1 is 1.77 bits per heavy atom. The molecule has 2 unspecified atom stereocenters. The molecule has 1 aromatic heterocycles. The number of hydrogen-bond donors (Lipinski definition) is 2. The molecule has 1 fully saturated rings. The topological polar surface area (TPSA) is 50.9 Å². The highest BCUT2D eigenvalue weighted by molar-refractivity contribution is 7.09. The predicted octanol–water partition coefficient (Wildman–Crippen LogP) is 1.24. The minimum Gasteiger partial charge on any atom is -0.323 e. The smallest absolute Gasteiger partial charge is 0.0973 e. The average molecular weight is 197 g/mol. The van der Waals surface area contributed by atoms with Gasteiger partial charge in [-0.15, -0.1) is 11.3 Å². The molecular weight excluding hydrogens is 182 g/mol. The second-order valence-electron chi connectivity index (χ2n) is 3.59. The Morgan fingerprint density at radius 2 is 2.62 bits per heavy atom. The summed E-state index contributed by atoms with van der Waals surface area (Å²) in [5.41, 5.74) is 6.79. The molecule has 0 spiro atoms. The zero-order valence-electron chi connectivity index (χ0n) is 7.79. The number of rotatable bonds is 2. The molecule has 1 aliphatic rings. The van der Waals surface area contributed by atoms with Crippen molar-refractivity contribution in [3.8, 4) is 0 Å². The molecule has 3 N–H and O–H groups in total. The first-order valence-electron chi connectivity index (χ1n) is 4.69. The first kappa shape index (κ1) is 9.12. The molecule has 3 nitrogen and oxygen atoms in total. The third-order valence-electron chi connectivity index (χ3n) is 2.42. The van der Waals surface area contributed by atoms with Gasteiger partial charge < -0.3 is 11.1 Å². The van der Waals surface area contributed by atoms with Crippen LogP contribution in [0.4, 0.5) is 0 Å². The molecule has 2 heterocycles. The van der Waals surface area contributed by atoms with Crippen molar-refractivity contribution >= 4 is 11.3 Å². The molecule has 0 aliphatic carbocycles. The van der Waals surface area contributed by atoms with Crippen molar-refractivity contribution < 1.29 is 0 Å². The van der Waals surface area contributed by atoms with E-state index >= 15 is 0 Å². The maximum atomic E-state index is 5.75. The van der Waals surface area contributed by atoms with Crippen LogP contribution in [-0.2, 0) is 0 Å². The Balaban J connectivity index is 2.12. The van der Waals surface area contributed by atoms with E-state index < -0.39 is 0 Å². The van der Waals surface area contributed by atoms with E-state index in [1.165, 1.54) is 11.4 Å². The minimum atomic E-state index is 0.0689. The van der Waals surface area contributed by atoms with Gasteiger partial charge in [-0.05, 0) is 19.9 Å². The van der Waals surface area contributed by atoms with E-state index in [2.05, 4.69) is 15.7 Å². The Bertz CT molecular complexity index is 276. The van der Waals surface area contributed by atoms with Gasteiger partial charge in [0.15, 0.2) is 0 Å². The van der Waals surface area contributed by atoms with E-state index in [4.69, 9.17) is 5.73 Å². The van der Waals surface area contributed by atoms with Crippen LogP contribution >= 0.6 is 11.3 Å². The minimum absolute atomic E-state index is 0.0689. The predicted molar refractivity (Wildman–Crippen MR) is 54.9 cm³/mol. The van der Waals surface area contributed by atoms with E-state index in [1.807, 2.05) is 6.92 Å². The Hall–Kier alpha value is -0.450. The lowest BCUT2D eigenvalue weighted by atomic mass is 10.1.